The molecule has 0 aliphatic carbocycles. The van der Waals surface area contributed by atoms with Gasteiger partial charge in [-0.2, -0.15) is 0 Å². The molecule has 0 saturated carbocycles. The van der Waals surface area contributed by atoms with Gasteiger partial charge in [0.1, 0.15) is 0 Å². The highest BCUT2D eigenvalue weighted by Crippen LogP contribution is 2.45. The molecular formula is C25H29N5O2. The van der Waals surface area contributed by atoms with Crippen molar-refractivity contribution in [1.29, 1.82) is 0 Å². The van der Waals surface area contributed by atoms with E-state index in [1.165, 1.54) is 5.56 Å². The lowest BCUT2D eigenvalue weighted by atomic mass is 9.71. The number of benzene rings is 2. The Morgan fingerprint density at radius 1 is 1.16 bits per heavy atom. The minimum atomic E-state index is -0.193. The smallest absolute Gasteiger partial charge is 0.253 e. The van der Waals surface area contributed by atoms with Gasteiger partial charge in [-0.25, -0.2) is 4.98 Å². The first kappa shape index (κ1) is 20.7. The number of carbonyl (C=O) groups excluding carboxylic acids is 2. The predicted molar refractivity (Wildman–Crippen MR) is 123 cm³/mol. The molecule has 2 N–H and O–H groups in total. The van der Waals surface area contributed by atoms with Gasteiger partial charge in [-0.3, -0.25) is 14.5 Å². The third kappa shape index (κ3) is 3.77. The summed E-state index contributed by atoms with van der Waals surface area (Å²) >= 11 is 0. The van der Waals surface area contributed by atoms with Gasteiger partial charge in [-0.05, 0) is 37.6 Å². The van der Waals surface area contributed by atoms with Gasteiger partial charge in [0, 0.05) is 49.7 Å². The molecule has 2 aliphatic rings. The Morgan fingerprint density at radius 3 is 2.69 bits per heavy atom. The molecule has 3 aromatic rings. The van der Waals surface area contributed by atoms with Crippen LogP contribution in [0.4, 0.5) is 0 Å². The first-order chi connectivity index (χ1) is 15.4. The van der Waals surface area contributed by atoms with Crippen LogP contribution in [0.1, 0.15) is 29.8 Å². The molecule has 0 radical (unpaired) electrons. The van der Waals surface area contributed by atoms with Gasteiger partial charge in [-0.15, -0.1) is 0 Å². The Labute approximate surface area is 187 Å². The van der Waals surface area contributed by atoms with E-state index in [1.807, 2.05) is 55.1 Å². The van der Waals surface area contributed by atoms with E-state index in [0.717, 1.165) is 30.7 Å². The number of hydrogen-bond donors (Lipinski definition) is 2. The monoisotopic (exact) mass is 431 g/mol. The SMILES string of the molecule is CC(C)NC(=O)C1CN(Cc2ccccc2)CC12CN(C(=O)c1ccc3nc[nH]c3c1)C2. The lowest BCUT2D eigenvalue weighted by Crippen LogP contribution is -2.64. The molecule has 2 saturated heterocycles. The number of aromatic amines is 1. The maximum Gasteiger partial charge on any atom is 0.253 e. The van der Waals surface area contributed by atoms with Gasteiger partial charge in [-0.1, -0.05) is 30.3 Å². The zero-order chi connectivity index (χ0) is 22.3. The van der Waals surface area contributed by atoms with Crippen LogP contribution in [0.5, 0.6) is 0 Å². The van der Waals surface area contributed by atoms with E-state index in [1.54, 1.807) is 6.33 Å². The van der Waals surface area contributed by atoms with Gasteiger partial charge < -0.3 is 15.2 Å². The van der Waals surface area contributed by atoms with Crippen LogP contribution in [-0.4, -0.2) is 63.8 Å². The van der Waals surface area contributed by atoms with E-state index in [0.29, 0.717) is 18.7 Å². The summed E-state index contributed by atoms with van der Waals surface area (Å²) in [6.07, 6.45) is 1.63. The number of carbonyl (C=O) groups is 2. The highest BCUT2D eigenvalue weighted by atomic mass is 16.2. The molecule has 3 heterocycles. The Kier molecular flexibility index (Phi) is 5.21. The lowest BCUT2D eigenvalue weighted by molar-refractivity contribution is -0.131. The lowest BCUT2D eigenvalue weighted by Gasteiger charge is -2.50. The number of imidazole rings is 1. The molecule has 1 aromatic heterocycles. The van der Waals surface area contributed by atoms with Gasteiger partial charge in [0.15, 0.2) is 0 Å². The molecule has 2 fully saturated rings. The topological polar surface area (TPSA) is 81.3 Å². The molecule has 32 heavy (non-hydrogen) atoms. The van der Waals surface area contributed by atoms with Gasteiger partial charge in [0.2, 0.25) is 5.91 Å². The standard InChI is InChI=1S/C25H29N5O2/c1-17(2)28-23(31)20-12-29(11-18-6-4-3-5-7-18)13-25(20)14-30(15-25)24(32)19-8-9-21-22(10-19)27-16-26-21/h3-10,16-17,20H,11-15H2,1-2H3,(H,26,27)(H,28,31). The number of hydrogen-bond acceptors (Lipinski definition) is 4. The highest BCUT2D eigenvalue weighted by molar-refractivity contribution is 5.98. The fraction of sp³-hybridized carbons (Fsp3) is 0.400. The third-order valence-electron chi connectivity index (χ3n) is 6.68. The number of nitrogens with zero attached hydrogens (tertiary/aromatic N) is 3. The van der Waals surface area contributed by atoms with E-state index < -0.39 is 0 Å². The van der Waals surface area contributed by atoms with E-state index in [2.05, 4.69) is 32.3 Å². The summed E-state index contributed by atoms with van der Waals surface area (Å²) in [6.45, 7) is 7.55. The number of amides is 2. The Hall–Kier alpha value is -3.19. The van der Waals surface area contributed by atoms with Crippen LogP contribution < -0.4 is 5.32 Å². The van der Waals surface area contributed by atoms with Crippen molar-refractivity contribution in [3.63, 3.8) is 0 Å². The Bertz CT molecular complexity index is 1130. The van der Waals surface area contributed by atoms with Crippen molar-refractivity contribution >= 4 is 22.8 Å². The fourth-order valence-corrected chi connectivity index (χ4v) is 5.21. The van der Waals surface area contributed by atoms with Crippen molar-refractivity contribution in [3.8, 4) is 0 Å². The molecule has 5 rings (SSSR count). The molecule has 0 bridgehead atoms. The molecule has 1 atom stereocenters. The van der Waals surface area contributed by atoms with E-state index in [4.69, 9.17) is 0 Å². The van der Waals surface area contributed by atoms with Crippen LogP contribution in [0.2, 0.25) is 0 Å². The number of rotatable bonds is 5. The molecule has 7 nitrogen and oxygen atoms in total. The molecule has 2 aliphatic heterocycles. The molecule has 166 valence electrons. The van der Waals surface area contributed by atoms with Crippen molar-refractivity contribution in [2.24, 2.45) is 11.3 Å². The normalized spacial score (nSPS) is 20.1. The number of nitrogens with one attached hydrogen (secondary N) is 2. The van der Waals surface area contributed by atoms with Crippen molar-refractivity contribution < 1.29 is 9.59 Å². The average Bonchev–Trinajstić information content (AvgIpc) is 3.36. The third-order valence-corrected chi connectivity index (χ3v) is 6.68. The number of H-pyrrole nitrogens is 1. The summed E-state index contributed by atoms with van der Waals surface area (Å²) in [5.41, 5.74) is 3.41. The maximum atomic E-state index is 13.1. The van der Waals surface area contributed by atoms with Crippen molar-refractivity contribution in [3.05, 3.63) is 66.0 Å². The van der Waals surface area contributed by atoms with Crippen LogP contribution >= 0.6 is 0 Å². The molecule has 7 heteroatoms. The molecule has 1 spiro atoms. The van der Waals surface area contributed by atoms with Crippen LogP contribution in [0, 0.1) is 11.3 Å². The highest BCUT2D eigenvalue weighted by Gasteiger charge is 2.57. The summed E-state index contributed by atoms with van der Waals surface area (Å²) in [6, 6.07) is 16.0. The summed E-state index contributed by atoms with van der Waals surface area (Å²) in [5.74, 6) is -0.00839. The minimum absolute atomic E-state index is 0.0108. The minimum Gasteiger partial charge on any atom is -0.354 e. The molecule has 1 unspecified atom stereocenters. The summed E-state index contributed by atoms with van der Waals surface area (Å²) in [4.78, 5) is 37.7. The van der Waals surface area contributed by atoms with E-state index in [-0.39, 0.29) is 29.2 Å². The maximum absolute atomic E-state index is 13.1. The first-order valence-corrected chi connectivity index (χ1v) is 11.2. The van der Waals surface area contributed by atoms with Gasteiger partial charge in [0.25, 0.3) is 5.91 Å². The Morgan fingerprint density at radius 2 is 1.94 bits per heavy atom. The number of likely N-dealkylation sites (tertiary alicyclic amines) is 2. The van der Waals surface area contributed by atoms with Gasteiger partial charge >= 0.3 is 0 Å². The zero-order valence-corrected chi connectivity index (χ0v) is 18.5. The molecule has 2 amide bonds. The van der Waals surface area contributed by atoms with Crippen LogP contribution in [0.3, 0.4) is 0 Å². The predicted octanol–water partition coefficient (Wildman–Crippen LogP) is 2.66. The summed E-state index contributed by atoms with van der Waals surface area (Å²) in [5, 5.41) is 3.11. The van der Waals surface area contributed by atoms with Crippen molar-refractivity contribution in [1.82, 2.24) is 25.1 Å². The summed E-state index contributed by atoms with van der Waals surface area (Å²) in [7, 11) is 0. The second-order valence-electron chi connectivity index (χ2n) is 9.53. The molecule has 2 aromatic carbocycles. The first-order valence-electron chi connectivity index (χ1n) is 11.2. The quantitative estimate of drug-likeness (QED) is 0.651. The Balaban J connectivity index is 1.32. The van der Waals surface area contributed by atoms with Crippen LogP contribution in [0.25, 0.3) is 11.0 Å². The second-order valence-corrected chi connectivity index (χ2v) is 9.53. The van der Waals surface area contributed by atoms with Crippen molar-refractivity contribution in [2.75, 3.05) is 26.2 Å². The second kappa shape index (κ2) is 8.06. The number of aromatic nitrogens is 2. The number of fused-ring (bicyclic) bond motifs is 1. The van der Waals surface area contributed by atoms with E-state index in [9.17, 15) is 9.59 Å². The van der Waals surface area contributed by atoms with Crippen LogP contribution in [-0.2, 0) is 11.3 Å². The molecular weight excluding hydrogens is 402 g/mol. The average molecular weight is 432 g/mol. The van der Waals surface area contributed by atoms with Crippen LogP contribution in [0.15, 0.2) is 54.9 Å². The largest absolute Gasteiger partial charge is 0.354 e. The summed E-state index contributed by atoms with van der Waals surface area (Å²) < 4.78 is 0. The van der Waals surface area contributed by atoms with Gasteiger partial charge in [0.05, 0.1) is 23.3 Å². The van der Waals surface area contributed by atoms with E-state index >= 15 is 0 Å². The zero-order valence-electron chi connectivity index (χ0n) is 18.5. The fourth-order valence-electron chi connectivity index (χ4n) is 5.21. The van der Waals surface area contributed by atoms with Crippen molar-refractivity contribution in [2.45, 2.75) is 26.4 Å².